The Balaban J connectivity index is 1.85. The number of aryl methyl sites for hydroxylation is 1. The molecule has 5 heteroatoms. The van der Waals surface area contributed by atoms with Gasteiger partial charge in [0.25, 0.3) is 0 Å². The van der Waals surface area contributed by atoms with Crippen LogP contribution in [-0.4, -0.2) is 21.3 Å². The number of nitrogens with zero attached hydrogens (tertiary/aromatic N) is 2. The molecule has 0 spiro atoms. The van der Waals surface area contributed by atoms with Crippen molar-refractivity contribution < 1.29 is 4.79 Å². The van der Waals surface area contributed by atoms with Gasteiger partial charge in [0.2, 0.25) is 0 Å². The molecule has 0 radical (unpaired) electrons. The molecular formula is C13H13ClN2OS. The lowest BCUT2D eigenvalue weighted by Gasteiger charge is -2.01. The van der Waals surface area contributed by atoms with E-state index in [0.29, 0.717) is 17.2 Å². The van der Waals surface area contributed by atoms with E-state index >= 15 is 0 Å². The molecule has 0 aliphatic heterocycles. The summed E-state index contributed by atoms with van der Waals surface area (Å²) in [6.07, 6.45) is 2.22. The van der Waals surface area contributed by atoms with Crippen molar-refractivity contribution in [3.63, 3.8) is 0 Å². The van der Waals surface area contributed by atoms with E-state index in [2.05, 4.69) is 5.10 Å². The lowest BCUT2D eigenvalue weighted by atomic mass is 10.2. The van der Waals surface area contributed by atoms with Gasteiger partial charge in [0.05, 0.1) is 17.9 Å². The molecule has 2 aromatic rings. The molecule has 0 fully saturated rings. The number of carbonyl (C=O) groups excluding carboxylic acids is 1. The molecule has 0 atom stereocenters. The van der Waals surface area contributed by atoms with Crippen LogP contribution in [0.2, 0.25) is 5.02 Å². The Morgan fingerprint density at radius 2 is 2.28 bits per heavy atom. The first-order valence-corrected chi connectivity index (χ1v) is 6.88. The van der Waals surface area contributed by atoms with Crippen LogP contribution >= 0.6 is 23.4 Å². The predicted octanol–water partition coefficient (Wildman–Crippen LogP) is 2.98. The highest BCUT2D eigenvalue weighted by atomic mass is 35.5. The minimum Gasteiger partial charge on any atom is -0.298 e. The van der Waals surface area contributed by atoms with Crippen molar-refractivity contribution in [3.05, 3.63) is 47.2 Å². The van der Waals surface area contributed by atoms with Crippen LogP contribution in [0.1, 0.15) is 5.69 Å². The van der Waals surface area contributed by atoms with Gasteiger partial charge in [-0.2, -0.15) is 5.10 Å². The summed E-state index contributed by atoms with van der Waals surface area (Å²) in [5, 5.41) is 4.88. The van der Waals surface area contributed by atoms with Crippen LogP contribution in [0.25, 0.3) is 0 Å². The quantitative estimate of drug-likeness (QED) is 0.790. The molecule has 0 bridgehead atoms. The molecule has 94 valence electrons. The Kier molecular flexibility index (Phi) is 4.44. The molecule has 0 unspecified atom stereocenters. The average Bonchev–Trinajstić information content (AvgIpc) is 2.72. The Labute approximate surface area is 115 Å². The number of thioether (sulfide) groups is 1. The number of ketones is 1. The smallest absolute Gasteiger partial charge is 0.149 e. The number of hydrogen-bond acceptors (Lipinski definition) is 3. The standard InChI is InChI=1S/C13H13ClN2OS/c1-16-6-5-11(15-16)8-12(17)9-18-13-4-2-3-10(14)7-13/h2-7H,8-9H2,1H3. The molecule has 1 aromatic carbocycles. The van der Waals surface area contributed by atoms with Crippen molar-refractivity contribution in [2.75, 3.05) is 5.75 Å². The summed E-state index contributed by atoms with van der Waals surface area (Å²) < 4.78 is 1.70. The summed E-state index contributed by atoms with van der Waals surface area (Å²) in [6.45, 7) is 0. The predicted molar refractivity (Wildman–Crippen MR) is 74.1 cm³/mol. The number of benzene rings is 1. The van der Waals surface area contributed by atoms with Crippen molar-refractivity contribution >= 4 is 29.1 Å². The van der Waals surface area contributed by atoms with E-state index in [1.807, 2.05) is 43.6 Å². The number of Topliss-reactive ketones (excluding diaryl/α,β-unsaturated/α-hetero) is 1. The van der Waals surface area contributed by atoms with E-state index in [1.54, 1.807) is 4.68 Å². The molecule has 0 aliphatic rings. The molecule has 1 heterocycles. The first kappa shape index (κ1) is 13.2. The number of aromatic nitrogens is 2. The van der Waals surface area contributed by atoms with Gasteiger partial charge in [-0.3, -0.25) is 9.48 Å². The number of rotatable bonds is 5. The lowest BCUT2D eigenvalue weighted by Crippen LogP contribution is -2.06. The van der Waals surface area contributed by atoms with Crippen LogP contribution in [0.4, 0.5) is 0 Å². The van der Waals surface area contributed by atoms with E-state index in [1.165, 1.54) is 11.8 Å². The van der Waals surface area contributed by atoms with Gasteiger partial charge in [0.1, 0.15) is 5.78 Å². The van der Waals surface area contributed by atoms with Crippen LogP contribution < -0.4 is 0 Å². The molecule has 1 aromatic heterocycles. The van der Waals surface area contributed by atoms with Crippen molar-refractivity contribution in [1.29, 1.82) is 0 Å². The van der Waals surface area contributed by atoms with Crippen molar-refractivity contribution in [1.82, 2.24) is 9.78 Å². The van der Waals surface area contributed by atoms with Crippen LogP contribution in [0.15, 0.2) is 41.4 Å². The van der Waals surface area contributed by atoms with Gasteiger partial charge in [-0.15, -0.1) is 11.8 Å². The average molecular weight is 281 g/mol. The van der Waals surface area contributed by atoms with Crippen LogP contribution in [0.3, 0.4) is 0 Å². The third-order valence-corrected chi connectivity index (χ3v) is 3.63. The second kappa shape index (κ2) is 6.07. The molecule has 0 N–H and O–H groups in total. The zero-order valence-corrected chi connectivity index (χ0v) is 11.5. The monoisotopic (exact) mass is 280 g/mol. The molecule has 18 heavy (non-hydrogen) atoms. The number of carbonyl (C=O) groups is 1. The Hall–Kier alpha value is -1.26. The molecule has 0 saturated heterocycles. The maximum atomic E-state index is 11.8. The summed E-state index contributed by atoms with van der Waals surface area (Å²) in [5.41, 5.74) is 0.814. The van der Waals surface area contributed by atoms with Gasteiger partial charge in [0, 0.05) is 23.2 Å². The summed E-state index contributed by atoms with van der Waals surface area (Å²) in [5.74, 6) is 0.607. The van der Waals surface area contributed by atoms with E-state index in [0.717, 1.165) is 10.6 Å². The van der Waals surface area contributed by atoms with Crippen LogP contribution in [0, 0.1) is 0 Å². The van der Waals surface area contributed by atoms with Gasteiger partial charge >= 0.3 is 0 Å². The molecule has 0 saturated carbocycles. The largest absolute Gasteiger partial charge is 0.298 e. The third kappa shape index (κ3) is 3.89. The Bertz CT molecular complexity index is 553. The Morgan fingerprint density at radius 3 is 2.94 bits per heavy atom. The van der Waals surface area contributed by atoms with Crippen molar-refractivity contribution in [2.24, 2.45) is 7.05 Å². The minimum atomic E-state index is 0.165. The number of halogens is 1. The maximum absolute atomic E-state index is 11.8. The maximum Gasteiger partial charge on any atom is 0.149 e. The van der Waals surface area contributed by atoms with Crippen molar-refractivity contribution in [3.8, 4) is 0 Å². The van der Waals surface area contributed by atoms with Gasteiger partial charge in [-0.25, -0.2) is 0 Å². The molecule has 0 amide bonds. The first-order chi connectivity index (χ1) is 8.63. The Morgan fingerprint density at radius 1 is 1.44 bits per heavy atom. The summed E-state index contributed by atoms with van der Waals surface area (Å²) in [4.78, 5) is 12.8. The van der Waals surface area contributed by atoms with E-state index in [4.69, 9.17) is 11.6 Å². The zero-order chi connectivity index (χ0) is 13.0. The van der Waals surface area contributed by atoms with E-state index < -0.39 is 0 Å². The van der Waals surface area contributed by atoms with E-state index in [-0.39, 0.29) is 5.78 Å². The summed E-state index contributed by atoms with van der Waals surface area (Å²) in [6, 6.07) is 9.38. The fraction of sp³-hybridized carbons (Fsp3) is 0.231. The van der Waals surface area contributed by atoms with Crippen LogP contribution in [-0.2, 0) is 18.3 Å². The molecule has 0 aliphatic carbocycles. The second-order valence-electron chi connectivity index (χ2n) is 3.94. The van der Waals surface area contributed by atoms with Gasteiger partial charge in [0.15, 0.2) is 0 Å². The molecule has 3 nitrogen and oxygen atoms in total. The third-order valence-electron chi connectivity index (χ3n) is 2.34. The summed E-state index contributed by atoms with van der Waals surface area (Å²) >= 11 is 7.38. The lowest BCUT2D eigenvalue weighted by molar-refractivity contribution is -0.116. The highest BCUT2D eigenvalue weighted by molar-refractivity contribution is 8.00. The normalized spacial score (nSPS) is 10.6. The zero-order valence-electron chi connectivity index (χ0n) is 9.97. The van der Waals surface area contributed by atoms with Crippen molar-refractivity contribution in [2.45, 2.75) is 11.3 Å². The number of hydrogen-bond donors (Lipinski definition) is 0. The fourth-order valence-electron chi connectivity index (χ4n) is 1.53. The van der Waals surface area contributed by atoms with E-state index in [9.17, 15) is 4.79 Å². The van der Waals surface area contributed by atoms with Gasteiger partial charge in [-0.1, -0.05) is 17.7 Å². The van der Waals surface area contributed by atoms with Gasteiger partial charge < -0.3 is 0 Å². The van der Waals surface area contributed by atoms with Crippen LogP contribution in [0.5, 0.6) is 0 Å². The summed E-state index contributed by atoms with van der Waals surface area (Å²) in [7, 11) is 1.84. The SMILES string of the molecule is Cn1ccc(CC(=O)CSc2cccc(Cl)c2)n1. The highest BCUT2D eigenvalue weighted by Crippen LogP contribution is 2.21. The second-order valence-corrected chi connectivity index (χ2v) is 5.43. The minimum absolute atomic E-state index is 0.165. The first-order valence-electron chi connectivity index (χ1n) is 5.52. The van der Waals surface area contributed by atoms with Gasteiger partial charge in [-0.05, 0) is 24.3 Å². The highest BCUT2D eigenvalue weighted by Gasteiger charge is 2.07. The molecule has 2 rings (SSSR count). The molecular weight excluding hydrogens is 268 g/mol. The topological polar surface area (TPSA) is 34.9 Å². The fourth-order valence-corrected chi connectivity index (χ4v) is 2.60.